The maximum absolute atomic E-state index is 11.0. The summed E-state index contributed by atoms with van der Waals surface area (Å²) < 4.78 is 7.05. The smallest absolute Gasteiger partial charge is 0.307 e. The Morgan fingerprint density at radius 2 is 2.31 bits per heavy atom. The third-order valence-corrected chi connectivity index (χ3v) is 5.67. The molecule has 7 heteroatoms. The number of halogens is 1. The first-order valence-corrected chi connectivity index (χ1v) is 9.26. The predicted molar refractivity (Wildman–Crippen MR) is 100 cm³/mol. The SMILES string of the molecule is [C-]#[N+]c1ccc2c(n1)CC[C@H]2Oc1cc(Cl)c2c(CC(=O)O)csc2c1. The van der Waals surface area contributed by atoms with Gasteiger partial charge in [0.15, 0.2) is 0 Å². The van der Waals surface area contributed by atoms with Crippen LogP contribution in [0.3, 0.4) is 0 Å². The zero-order valence-corrected chi connectivity index (χ0v) is 15.1. The van der Waals surface area contributed by atoms with Gasteiger partial charge in [-0.2, -0.15) is 0 Å². The van der Waals surface area contributed by atoms with Crippen LogP contribution in [0.1, 0.15) is 29.3 Å². The largest absolute Gasteiger partial charge is 0.485 e. The van der Waals surface area contributed by atoms with Crippen molar-refractivity contribution in [2.75, 3.05) is 0 Å². The molecule has 130 valence electrons. The average Bonchev–Trinajstić information content (AvgIpc) is 3.19. The van der Waals surface area contributed by atoms with Crippen LogP contribution in [0.25, 0.3) is 14.9 Å². The van der Waals surface area contributed by atoms with E-state index in [1.165, 1.54) is 11.3 Å². The summed E-state index contributed by atoms with van der Waals surface area (Å²) in [4.78, 5) is 18.7. The van der Waals surface area contributed by atoms with Gasteiger partial charge < -0.3 is 14.7 Å². The minimum absolute atomic E-state index is 0.0506. The number of hydrogen-bond acceptors (Lipinski definition) is 4. The molecular weight excluding hydrogens is 372 g/mol. The highest BCUT2D eigenvalue weighted by molar-refractivity contribution is 7.17. The Morgan fingerprint density at radius 1 is 1.46 bits per heavy atom. The van der Waals surface area contributed by atoms with Gasteiger partial charge in [0.1, 0.15) is 17.5 Å². The molecule has 26 heavy (non-hydrogen) atoms. The van der Waals surface area contributed by atoms with Crippen LogP contribution < -0.4 is 4.74 Å². The number of benzene rings is 1. The fraction of sp³-hybridized carbons (Fsp3) is 0.211. The Hall–Kier alpha value is -2.62. The molecule has 1 N–H and O–H groups in total. The summed E-state index contributed by atoms with van der Waals surface area (Å²) in [5.74, 6) is 0.173. The lowest BCUT2D eigenvalue weighted by atomic mass is 10.1. The summed E-state index contributed by atoms with van der Waals surface area (Å²) in [6, 6.07) is 7.25. The van der Waals surface area contributed by atoms with Crippen LogP contribution in [0.2, 0.25) is 5.02 Å². The van der Waals surface area contributed by atoms with Crippen molar-refractivity contribution in [3.05, 3.63) is 62.9 Å². The lowest BCUT2D eigenvalue weighted by molar-refractivity contribution is -0.136. The molecule has 3 aromatic rings. The zero-order chi connectivity index (χ0) is 18.3. The van der Waals surface area contributed by atoms with Crippen molar-refractivity contribution in [1.29, 1.82) is 0 Å². The summed E-state index contributed by atoms with van der Waals surface area (Å²) in [6.45, 7) is 7.06. The van der Waals surface area contributed by atoms with Crippen molar-refractivity contribution >= 4 is 44.8 Å². The van der Waals surface area contributed by atoms with E-state index in [0.717, 1.165) is 39.7 Å². The first kappa shape index (κ1) is 16.8. The van der Waals surface area contributed by atoms with Crippen molar-refractivity contribution < 1.29 is 14.6 Å². The fourth-order valence-corrected chi connectivity index (χ4v) is 4.68. The summed E-state index contributed by atoms with van der Waals surface area (Å²) in [6.07, 6.45) is 1.41. The molecule has 0 aliphatic heterocycles. The fourth-order valence-electron chi connectivity index (χ4n) is 3.28. The van der Waals surface area contributed by atoms with Crippen molar-refractivity contribution in [3.8, 4) is 5.75 Å². The Balaban J connectivity index is 1.64. The second-order valence-electron chi connectivity index (χ2n) is 6.07. The topological polar surface area (TPSA) is 63.8 Å². The number of hydrogen-bond donors (Lipinski definition) is 1. The Bertz CT molecular complexity index is 1070. The summed E-state index contributed by atoms with van der Waals surface area (Å²) >= 11 is 7.86. The molecule has 5 nitrogen and oxygen atoms in total. The maximum atomic E-state index is 11.0. The van der Waals surface area contributed by atoms with Gasteiger partial charge in [-0.3, -0.25) is 4.79 Å². The second-order valence-corrected chi connectivity index (χ2v) is 7.39. The van der Waals surface area contributed by atoms with E-state index in [2.05, 4.69) is 9.83 Å². The van der Waals surface area contributed by atoms with Gasteiger partial charge in [-0.15, -0.1) is 16.3 Å². The second kappa shape index (κ2) is 6.60. The Labute approximate surface area is 158 Å². The molecule has 0 radical (unpaired) electrons. The number of thiophene rings is 1. The molecule has 0 spiro atoms. The molecule has 0 amide bonds. The van der Waals surface area contributed by atoms with Crippen LogP contribution in [0.4, 0.5) is 5.82 Å². The van der Waals surface area contributed by atoms with Gasteiger partial charge in [-0.1, -0.05) is 24.2 Å². The highest BCUT2D eigenvalue weighted by Crippen LogP contribution is 2.40. The number of aryl methyl sites for hydroxylation is 1. The van der Waals surface area contributed by atoms with E-state index >= 15 is 0 Å². The number of carbonyl (C=O) groups is 1. The summed E-state index contributed by atoms with van der Waals surface area (Å²) in [5, 5.41) is 12.1. The molecule has 1 aromatic carbocycles. The molecule has 2 aromatic heterocycles. The van der Waals surface area contributed by atoms with Crippen LogP contribution in [-0.4, -0.2) is 16.1 Å². The average molecular weight is 385 g/mol. The highest BCUT2D eigenvalue weighted by atomic mass is 35.5. The van der Waals surface area contributed by atoms with E-state index in [1.807, 2.05) is 17.5 Å². The van der Waals surface area contributed by atoms with Gasteiger partial charge in [0, 0.05) is 22.1 Å². The van der Waals surface area contributed by atoms with Crippen molar-refractivity contribution in [2.24, 2.45) is 0 Å². The Morgan fingerprint density at radius 3 is 3.08 bits per heavy atom. The van der Waals surface area contributed by atoms with Gasteiger partial charge in [-0.05, 0) is 35.6 Å². The lowest BCUT2D eigenvalue weighted by Gasteiger charge is -2.15. The lowest BCUT2D eigenvalue weighted by Crippen LogP contribution is -2.03. The number of aromatic nitrogens is 1. The van der Waals surface area contributed by atoms with Gasteiger partial charge in [0.2, 0.25) is 0 Å². The first-order chi connectivity index (χ1) is 12.5. The number of nitrogens with zero attached hydrogens (tertiary/aromatic N) is 2. The quantitative estimate of drug-likeness (QED) is 0.628. The van der Waals surface area contributed by atoms with E-state index < -0.39 is 5.97 Å². The molecule has 0 unspecified atom stereocenters. The molecule has 4 rings (SSSR count). The number of fused-ring (bicyclic) bond motifs is 2. The van der Waals surface area contributed by atoms with E-state index in [1.54, 1.807) is 12.1 Å². The molecule has 1 aliphatic carbocycles. The van der Waals surface area contributed by atoms with Crippen LogP contribution in [0, 0.1) is 6.57 Å². The van der Waals surface area contributed by atoms with Gasteiger partial charge in [0.25, 0.3) is 5.82 Å². The minimum Gasteiger partial charge on any atom is -0.485 e. The minimum atomic E-state index is -0.880. The molecule has 0 fully saturated rings. The highest BCUT2D eigenvalue weighted by Gasteiger charge is 2.28. The van der Waals surface area contributed by atoms with Crippen molar-refractivity contribution in [1.82, 2.24) is 4.98 Å². The van der Waals surface area contributed by atoms with Crippen LogP contribution in [0.5, 0.6) is 5.75 Å². The molecule has 0 saturated heterocycles. The molecule has 1 aliphatic rings. The normalized spacial score (nSPS) is 15.6. The summed E-state index contributed by atoms with van der Waals surface area (Å²) in [7, 11) is 0. The third kappa shape index (κ3) is 3.00. The Kier molecular flexibility index (Phi) is 4.27. The number of rotatable bonds is 4. The maximum Gasteiger partial charge on any atom is 0.307 e. The van der Waals surface area contributed by atoms with Crippen molar-refractivity contribution in [2.45, 2.75) is 25.4 Å². The van der Waals surface area contributed by atoms with Gasteiger partial charge in [-0.25, -0.2) is 0 Å². The predicted octanol–water partition coefficient (Wildman–Crippen LogP) is 5.19. The van der Waals surface area contributed by atoms with Crippen molar-refractivity contribution in [3.63, 3.8) is 0 Å². The van der Waals surface area contributed by atoms with Crippen LogP contribution in [0.15, 0.2) is 29.6 Å². The summed E-state index contributed by atoms with van der Waals surface area (Å²) in [5.41, 5.74) is 2.64. The number of aliphatic carboxylic acids is 1. The van der Waals surface area contributed by atoms with Gasteiger partial charge >= 0.3 is 5.97 Å². The molecule has 0 bridgehead atoms. The standard InChI is InChI=1S/C19H13ClN2O3S/c1-21-17-5-2-12-14(22-17)3-4-15(12)25-11-7-13(20)19-10(6-18(23)24)9-26-16(19)8-11/h2,5,7-9,15H,3-4,6H2,(H,23,24)/t15-/m1/s1. The number of carboxylic acid groups (broad SMARTS) is 1. The molecule has 1 atom stereocenters. The third-order valence-electron chi connectivity index (χ3n) is 4.40. The number of carboxylic acids is 1. The van der Waals surface area contributed by atoms with Crippen LogP contribution in [-0.2, 0) is 17.6 Å². The monoisotopic (exact) mass is 384 g/mol. The number of ether oxygens (including phenoxy) is 1. The van der Waals surface area contributed by atoms with E-state index in [9.17, 15) is 4.79 Å². The first-order valence-electron chi connectivity index (χ1n) is 8.00. The molecular formula is C19H13ClN2O3S. The molecule has 2 heterocycles. The zero-order valence-electron chi connectivity index (χ0n) is 13.5. The number of pyridine rings is 1. The molecule has 0 saturated carbocycles. The van der Waals surface area contributed by atoms with E-state index in [-0.39, 0.29) is 12.5 Å². The van der Waals surface area contributed by atoms with E-state index in [0.29, 0.717) is 16.6 Å². The van der Waals surface area contributed by atoms with Crippen LogP contribution >= 0.6 is 22.9 Å². The van der Waals surface area contributed by atoms with E-state index in [4.69, 9.17) is 28.0 Å². The van der Waals surface area contributed by atoms with Gasteiger partial charge in [0.05, 0.1) is 11.4 Å².